The van der Waals surface area contributed by atoms with E-state index in [-0.39, 0.29) is 29.9 Å². The Balaban J connectivity index is 0.00000243. The van der Waals surface area contributed by atoms with E-state index in [2.05, 4.69) is 33.2 Å². The molecule has 5 nitrogen and oxygen atoms in total. The molecule has 0 radical (unpaired) electrons. The molecule has 0 aliphatic heterocycles. The first-order chi connectivity index (χ1) is 12.2. The van der Waals surface area contributed by atoms with E-state index in [4.69, 9.17) is 5.73 Å². The van der Waals surface area contributed by atoms with Gasteiger partial charge in [-0.1, -0.05) is 18.2 Å². The minimum absolute atomic E-state index is 0. The van der Waals surface area contributed by atoms with Crippen LogP contribution >= 0.6 is 24.0 Å². The molecular formula is C20H24IN3O2. The van der Waals surface area contributed by atoms with Gasteiger partial charge in [-0.3, -0.25) is 4.99 Å². The van der Waals surface area contributed by atoms with Crippen LogP contribution in [0, 0.1) is 0 Å². The van der Waals surface area contributed by atoms with Crippen LogP contribution in [0.4, 0.5) is 5.69 Å². The first-order valence-corrected chi connectivity index (χ1v) is 8.52. The van der Waals surface area contributed by atoms with Crippen LogP contribution < -0.4 is 11.1 Å². The minimum atomic E-state index is -0.327. The van der Waals surface area contributed by atoms with Crippen molar-refractivity contribution in [2.45, 2.75) is 25.7 Å². The van der Waals surface area contributed by atoms with Gasteiger partial charge in [0, 0.05) is 12.2 Å². The summed E-state index contributed by atoms with van der Waals surface area (Å²) in [5.41, 5.74) is 11.5. The Kier molecular flexibility index (Phi) is 7.44. The molecule has 0 amide bonds. The van der Waals surface area contributed by atoms with Gasteiger partial charge < -0.3 is 15.8 Å². The number of fused-ring (bicyclic) bond motifs is 1. The summed E-state index contributed by atoms with van der Waals surface area (Å²) in [7, 11) is 1.38. The number of nitrogens with zero attached hydrogens (tertiary/aromatic N) is 1. The number of hydrogen-bond donors (Lipinski definition) is 2. The smallest absolute Gasteiger partial charge is 0.337 e. The van der Waals surface area contributed by atoms with E-state index < -0.39 is 0 Å². The highest BCUT2D eigenvalue weighted by Gasteiger charge is 2.10. The van der Waals surface area contributed by atoms with Gasteiger partial charge in [0.05, 0.1) is 12.7 Å². The number of benzene rings is 2. The SMILES string of the molecule is COC(=O)c1ccc(CCN=C(N)Nc2ccc3c(c2)CCC3)cc1.I. The molecule has 6 heteroatoms. The minimum Gasteiger partial charge on any atom is -0.465 e. The van der Waals surface area contributed by atoms with Crippen LogP contribution in [0.5, 0.6) is 0 Å². The second-order valence-corrected chi connectivity index (χ2v) is 6.17. The Labute approximate surface area is 171 Å². The second kappa shape index (κ2) is 9.56. The highest BCUT2D eigenvalue weighted by molar-refractivity contribution is 14.0. The van der Waals surface area contributed by atoms with Crippen LogP contribution in [0.25, 0.3) is 0 Å². The lowest BCUT2D eigenvalue weighted by atomic mass is 10.1. The molecule has 0 bridgehead atoms. The third kappa shape index (κ3) is 5.20. The number of aryl methyl sites for hydroxylation is 2. The van der Waals surface area contributed by atoms with E-state index in [1.807, 2.05) is 12.1 Å². The third-order valence-corrected chi connectivity index (χ3v) is 4.43. The van der Waals surface area contributed by atoms with E-state index in [0.29, 0.717) is 18.1 Å². The Morgan fingerprint density at radius 2 is 1.88 bits per heavy atom. The van der Waals surface area contributed by atoms with Gasteiger partial charge in [0.15, 0.2) is 5.96 Å². The number of ether oxygens (including phenoxy) is 1. The maximum atomic E-state index is 11.4. The molecule has 0 heterocycles. The van der Waals surface area contributed by atoms with Crippen LogP contribution in [0.1, 0.15) is 33.5 Å². The van der Waals surface area contributed by atoms with Gasteiger partial charge in [-0.05, 0) is 66.6 Å². The zero-order chi connectivity index (χ0) is 17.6. The Morgan fingerprint density at radius 3 is 2.62 bits per heavy atom. The van der Waals surface area contributed by atoms with E-state index in [1.165, 1.54) is 31.1 Å². The number of anilines is 1. The molecule has 2 aromatic rings. The number of methoxy groups -OCH3 is 1. The summed E-state index contributed by atoms with van der Waals surface area (Å²) in [5, 5.41) is 3.16. The van der Waals surface area contributed by atoms with Gasteiger partial charge in [0.2, 0.25) is 0 Å². The van der Waals surface area contributed by atoms with Gasteiger partial charge in [-0.2, -0.15) is 0 Å². The molecule has 0 spiro atoms. The highest BCUT2D eigenvalue weighted by Crippen LogP contribution is 2.24. The fourth-order valence-corrected chi connectivity index (χ4v) is 3.07. The molecule has 138 valence electrons. The van der Waals surface area contributed by atoms with E-state index in [1.54, 1.807) is 12.1 Å². The largest absolute Gasteiger partial charge is 0.465 e. The zero-order valence-corrected chi connectivity index (χ0v) is 17.2. The van der Waals surface area contributed by atoms with E-state index in [0.717, 1.165) is 24.1 Å². The number of carbonyl (C=O) groups excluding carboxylic acids is 1. The van der Waals surface area contributed by atoms with Gasteiger partial charge >= 0.3 is 5.97 Å². The Morgan fingerprint density at radius 1 is 1.15 bits per heavy atom. The van der Waals surface area contributed by atoms with Crippen molar-refractivity contribution in [1.29, 1.82) is 0 Å². The molecule has 0 fully saturated rings. The number of hydrogen-bond acceptors (Lipinski definition) is 3. The van der Waals surface area contributed by atoms with Crippen LogP contribution in [-0.4, -0.2) is 25.6 Å². The van der Waals surface area contributed by atoms with Crippen molar-refractivity contribution in [3.8, 4) is 0 Å². The summed E-state index contributed by atoms with van der Waals surface area (Å²) < 4.78 is 4.69. The third-order valence-electron chi connectivity index (χ3n) is 4.43. The van der Waals surface area contributed by atoms with Crippen LogP contribution in [0.2, 0.25) is 0 Å². The second-order valence-electron chi connectivity index (χ2n) is 6.17. The molecule has 0 unspecified atom stereocenters. The number of halogens is 1. The fraction of sp³-hybridized carbons (Fsp3) is 0.300. The summed E-state index contributed by atoms with van der Waals surface area (Å²) in [5.74, 6) is 0.0940. The number of esters is 1. The normalized spacial score (nSPS) is 12.9. The van der Waals surface area contributed by atoms with Crippen molar-refractivity contribution in [3.05, 3.63) is 64.7 Å². The average Bonchev–Trinajstić information content (AvgIpc) is 3.09. The molecule has 0 saturated heterocycles. The molecule has 1 aliphatic carbocycles. The van der Waals surface area contributed by atoms with Gasteiger partial charge in [-0.15, -0.1) is 24.0 Å². The highest BCUT2D eigenvalue weighted by atomic mass is 127. The zero-order valence-electron chi connectivity index (χ0n) is 14.8. The molecule has 0 atom stereocenters. The summed E-state index contributed by atoms with van der Waals surface area (Å²) in [6.45, 7) is 0.585. The van der Waals surface area contributed by atoms with Crippen molar-refractivity contribution in [2.24, 2.45) is 10.7 Å². The lowest BCUT2D eigenvalue weighted by Crippen LogP contribution is -2.23. The molecular weight excluding hydrogens is 441 g/mol. The summed E-state index contributed by atoms with van der Waals surface area (Å²) >= 11 is 0. The maximum absolute atomic E-state index is 11.4. The Bertz CT molecular complexity index is 788. The monoisotopic (exact) mass is 465 g/mol. The van der Waals surface area contributed by atoms with Crippen LogP contribution in [0.3, 0.4) is 0 Å². The van der Waals surface area contributed by atoms with Crippen LogP contribution in [-0.2, 0) is 24.0 Å². The molecule has 1 aliphatic rings. The number of nitrogens with two attached hydrogens (primary N) is 1. The first-order valence-electron chi connectivity index (χ1n) is 8.52. The topological polar surface area (TPSA) is 76.7 Å². The molecule has 0 aromatic heterocycles. The predicted octanol–water partition coefficient (Wildman–Crippen LogP) is 3.55. The maximum Gasteiger partial charge on any atom is 0.337 e. The van der Waals surface area contributed by atoms with Crippen molar-refractivity contribution >= 4 is 41.6 Å². The number of guanidine groups is 1. The Hall–Kier alpha value is -2.09. The molecule has 3 N–H and O–H groups in total. The first kappa shape index (κ1) is 20.2. The molecule has 2 aromatic carbocycles. The number of aliphatic imine (C=N–C) groups is 1. The van der Waals surface area contributed by atoms with Crippen molar-refractivity contribution in [1.82, 2.24) is 0 Å². The van der Waals surface area contributed by atoms with Gasteiger partial charge in [0.1, 0.15) is 0 Å². The van der Waals surface area contributed by atoms with Crippen molar-refractivity contribution < 1.29 is 9.53 Å². The van der Waals surface area contributed by atoms with E-state index >= 15 is 0 Å². The molecule has 0 saturated carbocycles. The lowest BCUT2D eigenvalue weighted by Gasteiger charge is -2.08. The molecule has 26 heavy (non-hydrogen) atoms. The van der Waals surface area contributed by atoms with Gasteiger partial charge in [-0.25, -0.2) is 4.79 Å². The number of nitrogens with one attached hydrogen (secondary N) is 1. The standard InChI is InChI=1S/C20H23N3O2.HI/c1-25-19(24)16-7-5-14(6-8-16)11-12-22-20(21)23-18-10-9-15-3-2-4-17(15)13-18;/h5-10,13H,2-4,11-12H2,1H3,(H3,21,22,23);1H. The summed E-state index contributed by atoms with van der Waals surface area (Å²) in [4.78, 5) is 15.8. The van der Waals surface area contributed by atoms with Gasteiger partial charge in [0.25, 0.3) is 0 Å². The van der Waals surface area contributed by atoms with Crippen LogP contribution in [0.15, 0.2) is 47.5 Å². The van der Waals surface area contributed by atoms with E-state index in [9.17, 15) is 4.79 Å². The summed E-state index contributed by atoms with van der Waals surface area (Å²) in [6, 6.07) is 13.7. The number of rotatable bonds is 5. The summed E-state index contributed by atoms with van der Waals surface area (Å²) in [6.07, 6.45) is 4.31. The lowest BCUT2D eigenvalue weighted by molar-refractivity contribution is 0.0600. The van der Waals surface area contributed by atoms with Crippen molar-refractivity contribution in [3.63, 3.8) is 0 Å². The predicted molar refractivity (Wildman–Crippen MR) is 115 cm³/mol. The number of carbonyl (C=O) groups is 1. The quantitative estimate of drug-likeness (QED) is 0.307. The van der Waals surface area contributed by atoms with Crippen molar-refractivity contribution in [2.75, 3.05) is 19.0 Å². The molecule has 3 rings (SSSR count). The average molecular weight is 465 g/mol. The fourth-order valence-electron chi connectivity index (χ4n) is 3.07.